The van der Waals surface area contributed by atoms with E-state index in [1.807, 2.05) is 31.2 Å². The van der Waals surface area contributed by atoms with Crippen molar-refractivity contribution in [1.29, 1.82) is 5.26 Å². The Kier molecular flexibility index (Phi) is 4.90. The number of hydrogen-bond acceptors (Lipinski definition) is 5. The Morgan fingerprint density at radius 1 is 1.25 bits per heavy atom. The summed E-state index contributed by atoms with van der Waals surface area (Å²) in [5.41, 5.74) is 1.52. The van der Waals surface area contributed by atoms with Crippen LogP contribution in [0.15, 0.2) is 36.4 Å². The van der Waals surface area contributed by atoms with Crippen molar-refractivity contribution in [3.63, 3.8) is 0 Å². The van der Waals surface area contributed by atoms with Crippen molar-refractivity contribution in [2.45, 2.75) is 13.3 Å². The van der Waals surface area contributed by atoms with Crippen molar-refractivity contribution in [3.05, 3.63) is 47.7 Å². The molecule has 0 bridgehead atoms. The largest absolute Gasteiger partial charge is 0.494 e. The van der Waals surface area contributed by atoms with Crippen LogP contribution in [0.5, 0.6) is 5.75 Å². The first-order valence-electron chi connectivity index (χ1n) is 6.51. The van der Waals surface area contributed by atoms with E-state index >= 15 is 0 Å². The lowest BCUT2D eigenvalue weighted by molar-refractivity contribution is 0.340. The lowest BCUT2D eigenvalue weighted by Gasteiger charge is -2.07. The second-order valence-corrected chi connectivity index (χ2v) is 4.17. The number of hydrogen-bond donors (Lipinski definition) is 1. The van der Waals surface area contributed by atoms with E-state index in [0.717, 1.165) is 18.7 Å². The molecule has 2 aromatic rings. The van der Waals surface area contributed by atoms with Crippen LogP contribution in [0.25, 0.3) is 0 Å². The predicted molar refractivity (Wildman–Crippen MR) is 76.6 cm³/mol. The minimum absolute atomic E-state index is 0.319. The summed E-state index contributed by atoms with van der Waals surface area (Å²) in [6.45, 7) is 3.39. The van der Waals surface area contributed by atoms with Crippen molar-refractivity contribution >= 4 is 5.82 Å². The molecule has 0 amide bonds. The molecule has 5 nitrogen and oxygen atoms in total. The lowest BCUT2D eigenvalue weighted by Crippen LogP contribution is -2.07. The molecule has 0 aliphatic carbocycles. The van der Waals surface area contributed by atoms with E-state index in [-0.39, 0.29) is 0 Å². The summed E-state index contributed by atoms with van der Waals surface area (Å²) < 4.78 is 5.46. The number of ether oxygens (including phenoxy) is 1. The van der Waals surface area contributed by atoms with Gasteiger partial charge in [-0.25, -0.2) is 0 Å². The molecule has 0 radical (unpaired) electrons. The van der Waals surface area contributed by atoms with Gasteiger partial charge in [0.1, 0.15) is 17.6 Å². The maximum atomic E-state index is 8.64. The third-order valence-electron chi connectivity index (χ3n) is 2.71. The number of rotatable bonds is 6. The van der Waals surface area contributed by atoms with Crippen molar-refractivity contribution in [2.24, 2.45) is 0 Å². The molecule has 1 aromatic heterocycles. The van der Waals surface area contributed by atoms with Crippen LogP contribution in [0.2, 0.25) is 0 Å². The second-order valence-electron chi connectivity index (χ2n) is 4.17. The normalized spacial score (nSPS) is 9.80. The van der Waals surface area contributed by atoms with Crippen LogP contribution in [0.4, 0.5) is 5.82 Å². The van der Waals surface area contributed by atoms with Gasteiger partial charge in [0.25, 0.3) is 0 Å². The zero-order chi connectivity index (χ0) is 14.2. The summed E-state index contributed by atoms with van der Waals surface area (Å²) in [5.74, 6) is 1.56. The minimum Gasteiger partial charge on any atom is -0.494 e. The number of anilines is 1. The average molecular weight is 268 g/mol. The summed E-state index contributed by atoms with van der Waals surface area (Å²) in [6.07, 6.45) is 0.864. The highest BCUT2D eigenvalue weighted by Gasteiger charge is 1.99. The third-order valence-corrected chi connectivity index (χ3v) is 2.71. The van der Waals surface area contributed by atoms with Crippen molar-refractivity contribution in [1.82, 2.24) is 10.2 Å². The number of nitrogens with one attached hydrogen (secondary N) is 1. The van der Waals surface area contributed by atoms with Gasteiger partial charge < -0.3 is 10.1 Å². The van der Waals surface area contributed by atoms with E-state index in [4.69, 9.17) is 10.00 Å². The maximum Gasteiger partial charge on any atom is 0.163 e. The van der Waals surface area contributed by atoms with E-state index in [1.54, 1.807) is 12.1 Å². The zero-order valence-corrected chi connectivity index (χ0v) is 11.3. The Morgan fingerprint density at radius 3 is 2.85 bits per heavy atom. The van der Waals surface area contributed by atoms with Gasteiger partial charge in [-0.15, -0.1) is 10.2 Å². The summed E-state index contributed by atoms with van der Waals surface area (Å²) >= 11 is 0. The van der Waals surface area contributed by atoms with E-state index in [1.165, 1.54) is 5.56 Å². The first-order chi connectivity index (χ1) is 9.81. The van der Waals surface area contributed by atoms with Gasteiger partial charge in [0.2, 0.25) is 0 Å². The molecule has 0 saturated heterocycles. The third kappa shape index (κ3) is 3.95. The smallest absolute Gasteiger partial charge is 0.163 e. The fourth-order valence-electron chi connectivity index (χ4n) is 1.78. The van der Waals surface area contributed by atoms with Crippen LogP contribution in [0, 0.1) is 11.3 Å². The molecule has 0 spiro atoms. The van der Waals surface area contributed by atoms with Gasteiger partial charge in [-0.2, -0.15) is 5.26 Å². The molecule has 0 aliphatic heterocycles. The van der Waals surface area contributed by atoms with Crippen LogP contribution < -0.4 is 10.1 Å². The quantitative estimate of drug-likeness (QED) is 0.871. The van der Waals surface area contributed by atoms with Crippen LogP contribution in [-0.4, -0.2) is 23.3 Å². The average Bonchev–Trinajstić information content (AvgIpc) is 2.49. The lowest BCUT2D eigenvalue weighted by atomic mass is 10.1. The fourth-order valence-corrected chi connectivity index (χ4v) is 1.78. The van der Waals surface area contributed by atoms with Crippen LogP contribution in [0.3, 0.4) is 0 Å². The number of nitrogens with zero attached hydrogens (tertiary/aromatic N) is 3. The number of benzene rings is 1. The van der Waals surface area contributed by atoms with Crippen molar-refractivity contribution in [3.8, 4) is 11.8 Å². The molecule has 2 rings (SSSR count). The zero-order valence-electron chi connectivity index (χ0n) is 11.3. The fraction of sp³-hybridized carbons (Fsp3) is 0.267. The molecule has 5 heteroatoms. The molecular formula is C15H16N4O. The Balaban J connectivity index is 1.86. The van der Waals surface area contributed by atoms with Crippen LogP contribution in [0.1, 0.15) is 18.2 Å². The Bertz CT molecular complexity index is 590. The summed E-state index contributed by atoms with van der Waals surface area (Å²) in [4.78, 5) is 0. The first-order valence-corrected chi connectivity index (χ1v) is 6.51. The van der Waals surface area contributed by atoms with Crippen molar-refractivity contribution < 1.29 is 4.74 Å². The molecule has 1 N–H and O–H groups in total. The molecule has 20 heavy (non-hydrogen) atoms. The van der Waals surface area contributed by atoms with Gasteiger partial charge in [-0.3, -0.25) is 0 Å². The van der Waals surface area contributed by atoms with E-state index < -0.39 is 0 Å². The number of aromatic nitrogens is 2. The standard InChI is InChI=1S/C15H16N4O/c1-2-20-14-5-3-4-12(10-14)8-9-17-15-7-6-13(11-16)18-19-15/h3-7,10H,2,8-9H2,1H3,(H,17,19). The predicted octanol–water partition coefficient (Wildman–Crippen LogP) is 2.40. The topological polar surface area (TPSA) is 70.8 Å². The van der Waals surface area contributed by atoms with E-state index in [2.05, 4.69) is 21.6 Å². The molecule has 0 fully saturated rings. The molecule has 0 unspecified atom stereocenters. The molecular weight excluding hydrogens is 252 g/mol. The van der Waals surface area contributed by atoms with E-state index in [9.17, 15) is 0 Å². The van der Waals surface area contributed by atoms with E-state index in [0.29, 0.717) is 18.1 Å². The molecule has 1 aromatic carbocycles. The van der Waals surface area contributed by atoms with Gasteiger partial charge in [-0.1, -0.05) is 12.1 Å². The summed E-state index contributed by atoms with van der Waals surface area (Å²) in [6, 6.07) is 13.4. The maximum absolute atomic E-state index is 8.64. The van der Waals surface area contributed by atoms with Crippen LogP contribution in [-0.2, 0) is 6.42 Å². The molecule has 0 saturated carbocycles. The Morgan fingerprint density at radius 2 is 2.15 bits per heavy atom. The molecule has 102 valence electrons. The van der Waals surface area contributed by atoms with Gasteiger partial charge in [-0.05, 0) is 43.2 Å². The van der Waals surface area contributed by atoms with Crippen molar-refractivity contribution in [2.75, 3.05) is 18.5 Å². The highest BCUT2D eigenvalue weighted by molar-refractivity contribution is 5.36. The van der Waals surface area contributed by atoms with Crippen LogP contribution >= 0.6 is 0 Å². The first kappa shape index (κ1) is 13.8. The van der Waals surface area contributed by atoms with Gasteiger partial charge in [0, 0.05) is 6.54 Å². The molecule has 1 heterocycles. The molecule has 0 aliphatic rings. The minimum atomic E-state index is 0.319. The highest BCUT2D eigenvalue weighted by Crippen LogP contribution is 2.13. The summed E-state index contributed by atoms with van der Waals surface area (Å²) in [5, 5.41) is 19.5. The summed E-state index contributed by atoms with van der Waals surface area (Å²) in [7, 11) is 0. The highest BCUT2D eigenvalue weighted by atomic mass is 16.5. The Hall–Kier alpha value is -2.61. The SMILES string of the molecule is CCOc1cccc(CCNc2ccc(C#N)nn2)c1. The van der Waals surface area contributed by atoms with Gasteiger partial charge in [0.15, 0.2) is 5.69 Å². The monoisotopic (exact) mass is 268 g/mol. The van der Waals surface area contributed by atoms with Gasteiger partial charge in [0.05, 0.1) is 6.61 Å². The number of nitriles is 1. The molecule has 0 atom stereocenters. The second kappa shape index (κ2) is 7.10. The Labute approximate surface area is 118 Å². The van der Waals surface area contributed by atoms with Gasteiger partial charge >= 0.3 is 0 Å².